The lowest BCUT2D eigenvalue weighted by Gasteiger charge is -2.37. The number of benzene rings is 1. The van der Waals surface area contributed by atoms with Crippen LogP contribution >= 0.6 is 0 Å². The Morgan fingerprint density at radius 1 is 1.05 bits per heavy atom. The van der Waals surface area contributed by atoms with Crippen molar-refractivity contribution in [3.05, 3.63) is 29.3 Å². The highest BCUT2D eigenvalue weighted by molar-refractivity contribution is 6.74. The lowest BCUT2D eigenvalue weighted by Crippen LogP contribution is -2.43. The first-order chi connectivity index (χ1) is 9.24. The quantitative estimate of drug-likeness (QED) is 0.793. The molecule has 0 fully saturated rings. The molecule has 0 unspecified atom stereocenters. The Morgan fingerprint density at radius 2 is 1.57 bits per heavy atom. The second-order valence-electron chi connectivity index (χ2n) is 8.16. The molecule has 118 valence electrons. The summed E-state index contributed by atoms with van der Waals surface area (Å²) < 4.78 is 6.27. The Hall–Kier alpha value is -1.29. The minimum absolute atomic E-state index is 0.0775. The maximum atomic E-state index is 11.4. The van der Waals surface area contributed by atoms with Gasteiger partial charge in [0.15, 0.2) is 0 Å². The summed E-state index contributed by atoms with van der Waals surface area (Å²) in [7, 11) is -1.98. The van der Waals surface area contributed by atoms with Crippen LogP contribution < -0.4 is 4.43 Å². The molecule has 0 saturated heterocycles. The Morgan fingerprint density at radius 3 is 1.95 bits per heavy atom. The van der Waals surface area contributed by atoms with E-state index < -0.39 is 14.3 Å². The molecule has 1 aromatic carbocycles. The number of carbonyl (C=O) groups is 1. The zero-order valence-electron chi connectivity index (χ0n) is 14.5. The monoisotopic (exact) mass is 308 g/mol. The molecule has 0 spiro atoms. The van der Waals surface area contributed by atoms with Gasteiger partial charge in [-0.15, -0.1) is 0 Å². The van der Waals surface area contributed by atoms with Crippen LogP contribution in [0, 0.1) is 0 Å². The minimum Gasteiger partial charge on any atom is -0.543 e. The SMILES string of the molecule is CC(C)(C)c1cc(O[Si](C)(C)C(C)(C)C)cc(C(=O)O)c1. The van der Waals surface area contributed by atoms with E-state index in [1.54, 1.807) is 12.1 Å². The zero-order chi connectivity index (χ0) is 16.6. The predicted octanol–water partition coefficient (Wildman–Crippen LogP) is 5.07. The first-order valence-electron chi connectivity index (χ1n) is 7.32. The summed E-state index contributed by atoms with van der Waals surface area (Å²) in [5.74, 6) is -0.243. The van der Waals surface area contributed by atoms with Crippen LogP contribution in [0.1, 0.15) is 57.5 Å². The van der Waals surface area contributed by atoms with Crippen molar-refractivity contribution < 1.29 is 14.3 Å². The van der Waals surface area contributed by atoms with Gasteiger partial charge in [0.2, 0.25) is 8.32 Å². The molecule has 0 radical (unpaired) electrons. The van der Waals surface area contributed by atoms with Crippen molar-refractivity contribution in [2.45, 2.75) is 65.1 Å². The van der Waals surface area contributed by atoms with Gasteiger partial charge in [-0.3, -0.25) is 0 Å². The van der Waals surface area contributed by atoms with Gasteiger partial charge >= 0.3 is 5.97 Å². The summed E-state index contributed by atoms with van der Waals surface area (Å²) in [6.07, 6.45) is 0. The fraction of sp³-hybridized carbons (Fsp3) is 0.588. The van der Waals surface area contributed by atoms with Crippen LogP contribution in [0.2, 0.25) is 18.1 Å². The van der Waals surface area contributed by atoms with E-state index in [4.69, 9.17) is 4.43 Å². The third-order valence-corrected chi connectivity index (χ3v) is 8.56. The molecule has 0 aliphatic rings. The van der Waals surface area contributed by atoms with E-state index in [2.05, 4.69) is 54.6 Å². The Labute approximate surface area is 129 Å². The second-order valence-corrected chi connectivity index (χ2v) is 12.9. The number of rotatable bonds is 3. The van der Waals surface area contributed by atoms with E-state index >= 15 is 0 Å². The van der Waals surface area contributed by atoms with E-state index in [-0.39, 0.29) is 16.0 Å². The molecule has 0 heterocycles. The van der Waals surface area contributed by atoms with Crippen molar-refractivity contribution in [3.63, 3.8) is 0 Å². The van der Waals surface area contributed by atoms with Crippen LogP contribution in [0.5, 0.6) is 5.75 Å². The summed E-state index contributed by atoms with van der Waals surface area (Å²) in [5, 5.41) is 9.39. The van der Waals surface area contributed by atoms with Gasteiger partial charge in [0.1, 0.15) is 5.75 Å². The first-order valence-corrected chi connectivity index (χ1v) is 10.2. The van der Waals surface area contributed by atoms with Crippen molar-refractivity contribution >= 4 is 14.3 Å². The molecule has 1 rings (SSSR count). The molecule has 0 saturated carbocycles. The van der Waals surface area contributed by atoms with Gasteiger partial charge in [0, 0.05) is 0 Å². The molecule has 0 amide bonds. The number of aromatic carboxylic acids is 1. The molecule has 0 bridgehead atoms. The predicted molar refractivity (Wildman–Crippen MR) is 89.9 cm³/mol. The standard InChI is InChI=1S/C17H28O3Si/c1-16(2,3)13-9-12(15(18)19)10-14(11-13)20-21(7,8)17(4,5)6/h9-11H,1-8H3,(H,18,19). The number of carboxylic acid groups (broad SMARTS) is 1. The normalized spacial score (nSPS) is 13.1. The van der Waals surface area contributed by atoms with Crippen molar-refractivity contribution in [3.8, 4) is 5.75 Å². The highest BCUT2D eigenvalue weighted by Crippen LogP contribution is 2.38. The fourth-order valence-electron chi connectivity index (χ4n) is 1.66. The van der Waals surface area contributed by atoms with Gasteiger partial charge in [-0.05, 0) is 47.3 Å². The Kier molecular flexibility index (Phi) is 4.64. The molecule has 0 atom stereocenters. The van der Waals surface area contributed by atoms with Crippen LogP contribution in [0.15, 0.2) is 18.2 Å². The van der Waals surface area contributed by atoms with Gasteiger partial charge in [0.25, 0.3) is 0 Å². The van der Waals surface area contributed by atoms with Crippen molar-refractivity contribution in [1.29, 1.82) is 0 Å². The maximum Gasteiger partial charge on any atom is 0.335 e. The average Bonchev–Trinajstić information content (AvgIpc) is 2.24. The number of carboxylic acids is 1. The van der Waals surface area contributed by atoms with Crippen molar-refractivity contribution in [2.24, 2.45) is 0 Å². The Balaban J connectivity index is 3.31. The van der Waals surface area contributed by atoms with E-state index in [9.17, 15) is 9.90 Å². The van der Waals surface area contributed by atoms with Crippen molar-refractivity contribution in [2.75, 3.05) is 0 Å². The average molecular weight is 308 g/mol. The summed E-state index contributed by atoms with van der Waals surface area (Å²) in [6, 6.07) is 5.35. The number of hydrogen-bond donors (Lipinski definition) is 1. The van der Waals surface area contributed by atoms with E-state index in [1.807, 2.05) is 6.07 Å². The van der Waals surface area contributed by atoms with Gasteiger partial charge < -0.3 is 9.53 Å². The van der Waals surface area contributed by atoms with E-state index in [1.165, 1.54) is 0 Å². The lowest BCUT2D eigenvalue weighted by atomic mass is 9.86. The summed E-state index contributed by atoms with van der Waals surface area (Å²) >= 11 is 0. The summed E-state index contributed by atoms with van der Waals surface area (Å²) in [5.41, 5.74) is 1.16. The van der Waals surface area contributed by atoms with Crippen LogP contribution in [-0.4, -0.2) is 19.4 Å². The third kappa shape index (κ3) is 4.33. The smallest absolute Gasteiger partial charge is 0.335 e. The topological polar surface area (TPSA) is 46.5 Å². The van der Waals surface area contributed by atoms with Crippen LogP contribution in [-0.2, 0) is 5.41 Å². The molecule has 3 nitrogen and oxygen atoms in total. The van der Waals surface area contributed by atoms with E-state index in [0.717, 1.165) is 5.56 Å². The first kappa shape index (κ1) is 17.8. The van der Waals surface area contributed by atoms with E-state index in [0.29, 0.717) is 5.75 Å². The zero-order valence-corrected chi connectivity index (χ0v) is 15.5. The third-order valence-electron chi connectivity index (χ3n) is 4.20. The molecule has 1 aromatic rings. The molecular formula is C17H28O3Si. The lowest BCUT2D eigenvalue weighted by molar-refractivity contribution is 0.0696. The Bertz CT molecular complexity index is 534. The van der Waals surface area contributed by atoms with Crippen LogP contribution in [0.3, 0.4) is 0 Å². The van der Waals surface area contributed by atoms with Crippen LogP contribution in [0.4, 0.5) is 0 Å². The molecule has 0 aliphatic heterocycles. The van der Waals surface area contributed by atoms with Gasteiger partial charge in [-0.1, -0.05) is 41.5 Å². The number of hydrogen-bond acceptors (Lipinski definition) is 2. The molecule has 0 aromatic heterocycles. The van der Waals surface area contributed by atoms with Gasteiger partial charge in [-0.25, -0.2) is 4.79 Å². The van der Waals surface area contributed by atoms with Crippen LogP contribution in [0.25, 0.3) is 0 Å². The van der Waals surface area contributed by atoms with Crippen molar-refractivity contribution in [1.82, 2.24) is 0 Å². The maximum absolute atomic E-state index is 11.4. The fourth-order valence-corrected chi connectivity index (χ4v) is 2.68. The minimum atomic E-state index is -1.98. The van der Waals surface area contributed by atoms with Gasteiger partial charge in [0.05, 0.1) is 5.56 Å². The second kappa shape index (κ2) is 5.48. The molecule has 1 N–H and O–H groups in total. The highest BCUT2D eigenvalue weighted by Gasteiger charge is 2.39. The molecule has 4 heteroatoms. The molecule has 21 heavy (non-hydrogen) atoms. The summed E-state index contributed by atoms with van der Waals surface area (Å²) in [6.45, 7) is 17.1. The molecular weight excluding hydrogens is 280 g/mol. The largest absolute Gasteiger partial charge is 0.543 e. The van der Waals surface area contributed by atoms with Gasteiger partial charge in [-0.2, -0.15) is 0 Å². The highest BCUT2D eigenvalue weighted by atomic mass is 28.4. The summed E-state index contributed by atoms with van der Waals surface area (Å²) in [4.78, 5) is 11.4. The molecule has 0 aliphatic carbocycles.